The van der Waals surface area contributed by atoms with Crippen molar-refractivity contribution in [1.29, 1.82) is 0 Å². The quantitative estimate of drug-likeness (QED) is 0.383. The van der Waals surface area contributed by atoms with Gasteiger partial charge in [0.25, 0.3) is 0 Å². The predicted octanol–water partition coefficient (Wildman–Crippen LogP) is 2.47. The van der Waals surface area contributed by atoms with E-state index in [4.69, 9.17) is 9.73 Å². The van der Waals surface area contributed by atoms with Crippen LogP contribution in [-0.2, 0) is 9.53 Å². The third kappa shape index (κ3) is 4.29. The highest BCUT2D eigenvalue weighted by molar-refractivity contribution is 14.0. The number of piperazine rings is 1. The number of halogens is 1. The fourth-order valence-corrected chi connectivity index (χ4v) is 4.86. The lowest BCUT2D eigenvalue weighted by atomic mass is 9.60. The minimum Gasteiger partial charge on any atom is -0.378 e. The maximum Gasteiger partial charge on any atom is 0.219 e. The Hall–Kier alpha value is -0.570. The molecule has 26 heavy (non-hydrogen) atoms. The molecule has 2 saturated carbocycles. The Morgan fingerprint density at radius 3 is 2.31 bits per heavy atom. The van der Waals surface area contributed by atoms with Crippen molar-refractivity contribution in [3.63, 3.8) is 0 Å². The van der Waals surface area contributed by atoms with Crippen LogP contribution in [0.15, 0.2) is 4.99 Å². The first-order chi connectivity index (χ1) is 12.1. The van der Waals surface area contributed by atoms with E-state index < -0.39 is 0 Å². The standard InChI is InChI=1S/C19H34N4O2.HI/c1-4-20-18(23-12-10-22(11-13-23)15(3)24)21-16-14-17(25-5-2)19(16)8-6-7-9-19;/h16-17H,4-14H2,1-3H3,(H,20,21);1H. The zero-order valence-corrected chi connectivity index (χ0v) is 18.8. The van der Waals surface area contributed by atoms with Gasteiger partial charge < -0.3 is 19.9 Å². The Morgan fingerprint density at radius 1 is 1.15 bits per heavy atom. The predicted molar refractivity (Wildman–Crippen MR) is 115 cm³/mol. The first-order valence-corrected chi connectivity index (χ1v) is 10.0. The largest absolute Gasteiger partial charge is 0.378 e. The minimum atomic E-state index is 0. The van der Waals surface area contributed by atoms with Gasteiger partial charge in [-0.05, 0) is 33.1 Å². The average Bonchev–Trinajstić information content (AvgIpc) is 3.13. The Balaban J connectivity index is 0.00000243. The fourth-order valence-electron chi connectivity index (χ4n) is 4.86. The van der Waals surface area contributed by atoms with Crippen LogP contribution < -0.4 is 5.32 Å². The smallest absolute Gasteiger partial charge is 0.219 e. The second-order valence-electron chi connectivity index (χ2n) is 7.61. The van der Waals surface area contributed by atoms with Gasteiger partial charge in [0.15, 0.2) is 5.96 Å². The molecule has 3 fully saturated rings. The molecular weight excluding hydrogens is 443 g/mol. The number of aliphatic imine (C=N–C) groups is 1. The van der Waals surface area contributed by atoms with Crippen LogP contribution in [0.4, 0.5) is 0 Å². The topological polar surface area (TPSA) is 57.2 Å². The maximum absolute atomic E-state index is 11.5. The Bertz CT molecular complexity index is 500. The minimum absolute atomic E-state index is 0. The summed E-state index contributed by atoms with van der Waals surface area (Å²) in [5.41, 5.74) is 0.311. The van der Waals surface area contributed by atoms with Gasteiger partial charge in [0.1, 0.15) is 0 Å². The van der Waals surface area contributed by atoms with Crippen molar-refractivity contribution in [3.05, 3.63) is 0 Å². The summed E-state index contributed by atoms with van der Waals surface area (Å²) in [6.45, 7) is 10.7. The third-order valence-electron chi connectivity index (χ3n) is 6.32. The first-order valence-electron chi connectivity index (χ1n) is 10.0. The molecule has 3 aliphatic rings. The lowest BCUT2D eigenvalue weighted by Crippen LogP contribution is -2.66. The van der Waals surface area contributed by atoms with Gasteiger partial charge in [0.2, 0.25) is 5.91 Å². The molecule has 1 spiro atoms. The lowest BCUT2D eigenvalue weighted by Gasteiger charge is -2.55. The molecular formula is C19H35IN4O2. The summed E-state index contributed by atoms with van der Waals surface area (Å²) in [5, 5.41) is 3.78. The van der Waals surface area contributed by atoms with Gasteiger partial charge in [0.05, 0.1) is 6.10 Å². The molecule has 3 rings (SSSR count). The number of guanidine groups is 1. The Labute approximate surface area is 175 Å². The van der Waals surface area contributed by atoms with Gasteiger partial charge in [-0.15, -0.1) is 24.0 Å². The number of hydrogen-bond acceptors (Lipinski definition) is 3. The zero-order valence-electron chi connectivity index (χ0n) is 16.5. The molecule has 0 aromatic carbocycles. The van der Waals surface area contributed by atoms with E-state index in [-0.39, 0.29) is 29.9 Å². The fraction of sp³-hybridized carbons (Fsp3) is 0.895. The van der Waals surface area contributed by atoms with Crippen molar-refractivity contribution in [2.24, 2.45) is 10.4 Å². The number of rotatable bonds is 4. The summed E-state index contributed by atoms with van der Waals surface area (Å²) in [6, 6.07) is 0.475. The van der Waals surface area contributed by atoms with Crippen LogP contribution in [0, 0.1) is 5.41 Å². The average molecular weight is 478 g/mol. The van der Waals surface area contributed by atoms with Gasteiger partial charge in [0, 0.05) is 57.7 Å². The number of carbonyl (C=O) groups excluding carboxylic acids is 1. The van der Waals surface area contributed by atoms with Crippen molar-refractivity contribution in [2.45, 2.75) is 65.0 Å². The number of amides is 1. The van der Waals surface area contributed by atoms with Gasteiger partial charge >= 0.3 is 0 Å². The van der Waals surface area contributed by atoms with Gasteiger partial charge in [-0.3, -0.25) is 9.79 Å². The molecule has 1 N–H and O–H groups in total. The SMILES string of the molecule is CCN=C(NC1CC(OCC)C12CCCC2)N1CCN(C(C)=O)CC1.I. The number of nitrogens with one attached hydrogen (secondary N) is 1. The molecule has 150 valence electrons. The van der Waals surface area contributed by atoms with Crippen LogP contribution >= 0.6 is 24.0 Å². The number of nitrogens with zero attached hydrogens (tertiary/aromatic N) is 3. The van der Waals surface area contributed by atoms with Crippen LogP contribution in [0.3, 0.4) is 0 Å². The highest BCUT2D eigenvalue weighted by atomic mass is 127. The van der Waals surface area contributed by atoms with Crippen LogP contribution in [0.5, 0.6) is 0 Å². The monoisotopic (exact) mass is 478 g/mol. The highest BCUT2D eigenvalue weighted by Gasteiger charge is 2.57. The Morgan fingerprint density at radius 2 is 1.77 bits per heavy atom. The molecule has 1 aliphatic heterocycles. The molecule has 2 aliphatic carbocycles. The summed E-state index contributed by atoms with van der Waals surface area (Å²) in [7, 11) is 0. The van der Waals surface area contributed by atoms with E-state index in [1.807, 2.05) is 4.90 Å². The molecule has 0 bridgehead atoms. The van der Waals surface area contributed by atoms with Crippen LogP contribution in [0.25, 0.3) is 0 Å². The lowest BCUT2D eigenvalue weighted by molar-refractivity contribution is -0.130. The number of ether oxygens (including phenoxy) is 1. The molecule has 2 atom stereocenters. The van der Waals surface area contributed by atoms with Crippen LogP contribution in [0.1, 0.15) is 52.9 Å². The molecule has 1 heterocycles. The van der Waals surface area contributed by atoms with Crippen molar-refractivity contribution in [3.8, 4) is 0 Å². The number of carbonyl (C=O) groups is 1. The van der Waals surface area contributed by atoms with Gasteiger partial charge in [-0.1, -0.05) is 12.8 Å². The van der Waals surface area contributed by atoms with Gasteiger partial charge in [-0.25, -0.2) is 0 Å². The molecule has 7 heteroatoms. The van der Waals surface area contributed by atoms with E-state index in [1.165, 1.54) is 25.7 Å². The summed E-state index contributed by atoms with van der Waals surface area (Å²) in [4.78, 5) is 20.5. The highest BCUT2D eigenvalue weighted by Crippen LogP contribution is 2.54. The molecule has 1 amide bonds. The van der Waals surface area contributed by atoms with E-state index in [1.54, 1.807) is 6.92 Å². The zero-order chi connectivity index (χ0) is 17.9. The summed E-state index contributed by atoms with van der Waals surface area (Å²) < 4.78 is 6.04. The number of hydrogen-bond donors (Lipinski definition) is 1. The van der Waals surface area contributed by atoms with E-state index in [0.717, 1.165) is 51.7 Å². The van der Waals surface area contributed by atoms with Crippen molar-refractivity contribution >= 4 is 35.8 Å². The summed E-state index contributed by atoms with van der Waals surface area (Å²) >= 11 is 0. The molecule has 2 unspecified atom stereocenters. The van der Waals surface area contributed by atoms with E-state index in [2.05, 4.69) is 24.1 Å². The van der Waals surface area contributed by atoms with Crippen molar-refractivity contribution < 1.29 is 9.53 Å². The Kier molecular flexibility index (Phi) is 8.00. The van der Waals surface area contributed by atoms with Crippen LogP contribution in [-0.4, -0.2) is 73.1 Å². The normalized spacial score (nSPS) is 27.9. The molecule has 0 radical (unpaired) electrons. The van der Waals surface area contributed by atoms with E-state index in [0.29, 0.717) is 17.6 Å². The van der Waals surface area contributed by atoms with E-state index in [9.17, 15) is 4.79 Å². The molecule has 0 aromatic rings. The maximum atomic E-state index is 11.5. The molecule has 6 nitrogen and oxygen atoms in total. The van der Waals surface area contributed by atoms with Crippen LogP contribution in [0.2, 0.25) is 0 Å². The van der Waals surface area contributed by atoms with Crippen molar-refractivity contribution in [2.75, 3.05) is 39.3 Å². The molecule has 1 saturated heterocycles. The third-order valence-corrected chi connectivity index (χ3v) is 6.32. The van der Waals surface area contributed by atoms with Crippen molar-refractivity contribution in [1.82, 2.24) is 15.1 Å². The molecule has 0 aromatic heterocycles. The first kappa shape index (κ1) is 21.7. The summed E-state index contributed by atoms with van der Waals surface area (Å²) in [5.74, 6) is 1.20. The second kappa shape index (κ2) is 9.57. The van der Waals surface area contributed by atoms with E-state index >= 15 is 0 Å². The summed E-state index contributed by atoms with van der Waals surface area (Å²) in [6.07, 6.45) is 6.68. The van der Waals surface area contributed by atoms with Gasteiger partial charge in [-0.2, -0.15) is 0 Å². The second-order valence-corrected chi connectivity index (χ2v) is 7.61.